The van der Waals surface area contributed by atoms with Crippen LogP contribution in [0.15, 0.2) is 47.4 Å². The molecule has 1 aliphatic carbocycles. The number of amides is 1. The summed E-state index contributed by atoms with van der Waals surface area (Å²) in [5.74, 6) is -0.158. The highest BCUT2D eigenvalue weighted by atomic mass is 32.2. The maximum absolute atomic E-state index is 12.6. The third-order valence-corrected chi connectivity index (χ3v) is 7.92. The van der Waals surface area contributed by atoms with Gasteiger partial charge in [0, 0.05) is 26.1 Å². The molecule has 172 valence electrons. The van der Waals surface area contributed by atoms with Crippen LogP contribution in [0.3, 0.4) is 0 Å². The standard InChI is InChI=1S/C25H33N3O3S/c29-25(26-18-22-9-3-4-10-23(22)19-28-15-5-6-16-28)13-14-27-32(30,31)24-12-11-20-7-1-2-8-21(20)17-24/h3-4,9-12,17,27H,1-2,5-8,13-16,18-19H2,(H,26,29). The molecule has 2 aliphatic rings. The summed E-state index contributed by atoms with van der Waals surface area (Å²) in [7, 11) is -3.61. The molecule has 7 heteroatoms. The van der Waals surface area contributed by atoms with Crippen molar-refractivity contribution < 1.29 is 13.2 Å². The van der Waals surface area contributed by atoms with Crippen molar-refractivity contribution in [2.24, 2.45) is 0 Å². The lowest BCUT2D eigenvalue weighted by Crippen LogP contribution is -2.31. The monoisotopic (exact) mass is 455 g/mol. The van der Waals surface area contributed by atoms with Crippen LogP contribution in [-0.2, 0) is 40.7 Å². The topological polar surface area (TPSA) is 78.5 Å². The highest BCUT2D eigenvalue weighted by Gasteiger charge is 2.18. The van der Waals surface area contributed by atoms with Crippen molar-refractivity contribution in [1.29, 1.82) is 0 Å². The molecule has 6 nitrogen and oxygen atoms in total. The number of rotatable bonds is 9. The Bertz CT molecular complexity index is 1050. The van der Waals surface area contributed by atoms with Crippen LogP contribution in [0.4, 0.5) is 0 Å². The third-order valence-electron chi connectivity index (χ3n) is 6.46. The summed E-state index contributed by atoms with van der Waals surface area (Å²) in [5.41, 5.74) is 4.73. The van der Waals surface area contributed by atoms with Crippen molar-refractivity contribution >= 4 is 15.9 Å². The molecule has 0 saturated carbocycles. The van der Waals surface area contributed by atoms with Gasteiger partial charge >= 0.3 is 0 Å². The number of likely N-dealkylation sites (tertiary alicyclic amines) is 1. The molecule has 4 rings (SSSR count). The van der Waals surface area contributed by atoms with Crippen molar-refractivity contribution in [2.75, 3.05) is 19.6 Å². The van der Waals surface area contributed by atoms with Gasteiger partial charge in [-0.1, -0.05) is 30.3 Å². The zero-order valence-corrected chi connectivity index (χ0v) is 19.4. The van der Waals surface area contributed by atoms with Gasteiger partial charge in [-0.2, -0.15) is 0 Å². The zero-order valence-electron chi connectivity index (χ0n) is 18.6. The predicted octanol–water partition coefficient (Wildman–Crippen LogP) is 3.15. The SMILES string of the molecule is O=C(CCNS(=O)(=O)c1ccc2c(c1)CCCC2)NCc1ccccc1CN1CCCC1. The molecule has 1 amide bonds. The summed E-state index contributed by atoms with van der Waals surface area (Å²) < 4.78 is 27.9. The van der Waals surface area contributed by atoms with E-state index in [2.05, 4.69) is 21.0 Å². The summed E-state index contributed by atoms with van der Waals surface area (Å²) in [6.07, 6.45) is 6.82. The maximum Gasteiger partial charge on any atom is 0.240 e. The smallest absolute Gasteiger partial charge is 0.240 e. The van der Waals surface area contributed by atoms with Crippen molar-refractivity contribution in [2.45, 2.75) is 62.9 Å². The lowest BCUT2D eigenvalue weighted by Gasteiger charge is -2.18. The summed E-state index contributed by atoms with van der Waals surface area (Å²) in [6.45, 7) is 3.71. The molecular weight excluding hydrogens is 422 g/mol. The number of nitrogens with zero attached hydrogens (tertiary/aromatic N) is 1. The van der Waals surface area contributed by atoms with Gasteiger partial charge in [0.15, 0.2) is 0 Å². The molecule has 2 aromatic carbocycles. The Morgan fingerprint density at radius 3 is 2.41 bits per heavy atom. The second-order valence-electron chi connectivity index (χ2n) is 8.81. The Kier molecular flexibility index (Phi) is 7.60. The summed E-state index contributed by atoms with van der Waals surface area (Å²) in [4.78, 5) is 15.1. The fourth-order valence-electron chi connectivity index (χ4n) is 4.61. The number of nitrogens with one attached hydrogen (secondary N) is 2. The average molecular weight is 456 g/mol. The first-order valence-electron chi connectivity index (χ1n) is 11.7. The van der Waals surface area contributed by atoms with Crippen LogP contribution in [0.2, 0.25) is 0 Å². The minimum absolute atomic E-state index is 0.0840. The number of fused-ring (bicyclic) bond motifs is 1. The van der Waals surface area contributed by atoms with E-state index in [1.54, 1.807) is 12.1 Å². The Morgan fingerprint density at radius 1 is 0.906 bits per heavy atom. The molecule has 0 bridgehead atoms. The van der Waals surface area contributed by atoms with Gasteiger partial charge in [-0.15, -0.1) is 0 Å². The van der Waals surface area contributed by atoms with Crippen LogP contribution >= 0.6 is 0 Å². The first-order chi connectivity index (χ1) is 15.5. The Balaban J connectivity index is 1.26. The number of hydrogen-bond acceptors (Lipinski definition) is 4. The maximum atomic E-state index is 12.6. The number of benzene rings is 2. The van der Waals surface area contributed by atoms with Gasteiger partial charge in [-0.3, -0.25) is 9.69 Å². The molecule has 0 atom stereocenters. The van der Waals surface area contributed by atoms with Crippen molar-refractivity contribution in [1.82, 2.24) is 14.9 Å². The lowest BCUT2D eigenvalue weighted by atomic mass is 9.92. The fraction of sp³-hybridized carbons (Fsp3) is 0.480. The van der Waals surface area contributed by atoms with E-state index >= 15 is 0 Å². The minimum Gasteiger partial charge on any atom is -0.352 e. The average Bonchev–Trinajstić information content (AvgIpc) is 3.31. The first-order valence-corrected chi connectivity index (χ1v) is 13.2. The molecule has 1 aliphatic heterocycles. The van der Waals surface area contributed by atoms with E-state index in [0.29, 0.717) is 6.54 Å². The van der Waals surface area contributed by atoms with E-state index in [4.69, 9.17) is 0 Å². The fourth-order valence-corrected chi connectivity index (χ4v) is 5.69. The second-order valence-corrected chi connectivity index (χ2v) is 10.6. The minimum atomic E-state index is -3.61. The Hall–Kier alpha value is -2.22. The van der Waals surface area contributed by atoms with Gasteiger partial charge in [0.1, 0.15) is 0 Å². The van der Waals surface area contributed by atoms with Gasteiger partial charge in [-0.25, -0.2) is 13.1 Å². The largest absolute Gasteiger partial charge is 0.352 e. The van der Waals surface area contributed by atoms with E-state index in [0.717, 1.165) is 56.4 Å². The number of carbonyl (C=O) groups excluding carboxylic acids is 1. The molecule has 0 spiro atoms. The summed E-state index contributed by atoms with van der Waals surface area (Å²) in [6, 6.07) is 13.6. The van der Waals surface area contributed by atoms with Crippen molar-refractivity contribution in [3.63, 3.8) is 0 Å². The Morgan fingerprint density at radius 2 is 1.62 bits per heavy atom. The number of sulfonamides is 1. The molecule has 0 radical (unpaired) electrons. The molecule has 0 aromatic heterocycles. The Labute approximate surface area is 191 Å². The zero-order chi connectivity index (χ0) is 22.4. The molecule has 1 fully saturated rings. The van der Waals surface area contributed by atoms with Crippen molar-refractivity contribution in [3.05, 3.63) is 64.7 Å². The second kappa shape index (κ2) is 10.6. The van der Waals surface area contributed by atoms with E-state index in [-0.39, 0.29) is 23.8 Å². The number of hydrogen-bond donors (Lipinski definition) is 2. The van der Waals surface area contributed by atoms with Gasteiger partial charge in [0.25, 0.3) is 0 Å². The van der Waals surface area contributed by atoms with Crippen LogP contribution < -0.4 is 10.0 Å². The van der Waals surface area contributed by atoms with Gasteiger partial charge < -0.3 is 5.32 Å². The number of aryl methyl sites for hydroxylation is 2. The predicted molar refractivity (Wildman–Crippen MR) is 126 cm³/mol. The van der Waals surface area contributed by atoms with E-state index in [1.165, 1.54) is 24.0 Å². The lowest BCUT2D eigenvalue weighted by molar-refractivity contribution is -0.121. The van der Waals surface area contributed by atoms with Gasteiger partial charge in [0.05, 0.1) is 4.90 Å². The normalized spacial score (nSPS) is 16.6. The quantitative estimate of drug-likeness (QED) is 0.609. The molecule has 2 N–H and O–H groups in total. The van der Waals surface area contributed by atoms with Crippen LogP contribution in [0.1, 0.15) is 54.4 Å². The van der Waals surface area contributed by atoms with Crippen LogP contribution in [0.5, 0.6) is 0 Å². The first kappa shape index (κ1) is 23.0. The van der Waals surface area contributed by atoms with Crippen LogP contribution in [-0.4, -0.2) is 38.9 Å². The summed E-state index contributed by atoms with van der Waals surface area (Å²) >= 11 is 0. The summed E-state index contributed by atoms with van der Waals surface area (Å²) in [5, 5.41) is 2.94. The van der Waals surface area contributed by atoms with Gasteiger partial charge in [-0.05, 0) is 86.0 Å². The molecule has 32 heavy (non-hydrogen) atoms. The molecule has 2 aromatic rings. The van der Waals surface area contributed by atoms with Crippen LogP contribution in [0, 0.1) is 0 Å². The highest BCUT2D eigenvalue weighted by molar-refractivity contribution is 7.89. The van der Waals surface area contributed by atoms with E-state index in [1.807, 2.05) is 24.3 Å². The molecule has 1 saturated heterocycles. The molecule has 0 unspecified atom stereocenters. The molecule has 1 heterocycles. The van der Waals surface area contributed by atoms with Crippen molar-refractivity contribution in [3.8, 4) is 0 Å². The van der Waals surface area contributed by atoms with Gasteiger partial charge in [0.2, 0.25) is 15.9 Å². The molecular formula is C25H33N3O3S. The van der Waals surface area contributed by atoms with Crippen LogP contribution in [0.25, 0.3) is 0 Å². The third kappa shape index (κ3) is 5.97. The number of carbonyl (C=O) groups is 1. The van der Waals surface area contributed by atoms with E-state index in [9.17, 15) is 13.2 Å². The highest BCUT2D eigenvalue weighted by Crippen LogP contribution is 2.24. The van der Waals surface area contributed by atoms with E-state index < -0.39 is 10.0 Å².